The van der Waals surface area contributed by atoms with Gasteiger partial charge in [-0.25, -0.2) is 4.68 Å². The van der Waals surface area contributed by atoms with Crippen molar-refractivity contribution in [3.05, 3.63) is 78.1 Å². The Morgan fingerprint density at radius 3 is 2.78 bits per heavy atom. The highest BCUT2D eigenvalue weighted by Crippen LogP contribution is 2.27. The Labute approximate surface area is 160 Å². The number of nitrogens with zero attached hydrogens (tertiary/aromatic N) is 4. The first kappa shape index (κ1) is 17.3. The third-order valence-corrected chi connectivity index (χ3v) is 4.80. The molecule has 0 saturated carbocycles. The van der Waals surface area contributed by atoms with Crippen molar-refractivity contribution in [2.24, 2.45) is 4.99 Å². The molecule has 0 atom stereocenters. The number of aromatic nitrogens is 2. The van der Waals surface area contributed by atoms with Crippen molar-refractivity contribution >= 4 is 11.6 Å². The number of hydrogen-bond acceptors (Lipinski definition) is 2. The van der Waals surface area contributed by atoms with Crippen LogP contribution in [0.4, 0.5) is 5.69 Å². The summed E-state index contributed by atoms with van der Waals surface area (Å²) in [5.74, 6) is 0.970. The van der Waals surface area contributed by atoms with E-state index in [9.17, 15) is 0 Å². The Morgan fingerprint density at radius 1 is 1.11 bits per heavy atom. The molecule has 1 aliphatic rings. The molecular formula is C22H25N5. The smallest absolute Gasteiger partial charge is 0.198 e. The molecule has 0 bridgehead atoms. The van der Waals surface area contributed by atoms with Crippen LogP contribution in [0.15, 0.2) is 72.0 Å². The van der Waals surface area contributed by atoms with Crippen molar-refractivity contribution in [3.8, 4) is 5.69 Å². The predicted octanol–water partition coefficient (Wildman–Crippen LogP) is 3.44. The molecule has 0 unspecified atom stereocenters. The quantitative estimate of drug-likeness (QED) is 0.561. The first-order valence-corrected chi connectivity index (χ1v) is 9.58. The molecule has 5 nitrogen and oxygen atoms in total. The van der Waals surface area contributed by atoms with Crippen LogP contribution in [0.3, 0.4) is 0 Å². The van der Waals surface area contributed by atoms with Gasteiger partial charge in [0.1, 0.15) is 0 Å². The topological polar surface area (TPSA) is 45.5 Å². The summed E-state index contributed by atoms with van der Waals surface area (Å²) in [6.45, 7) is 4.70. The molecule has 4 rings (SSSR count). The fraction of sp³-hybridized carbons (Fsp3) is 0.273. The fourth-order valence-corrected chi connectivity index (χ4v) is 3.46. The first-order valence-electron chi connectivity index (χ1n) is 9.58. The van der Waals surface area contributed by atoms with E-state index < -0.39 is 0 Å². The van der Waals surface area contributed by atoms with Crippen LogP contribution in [-0.4, -0.2) is 35.4 Å². The lowest BCUT2D eigenvalue weighted by Gasteiger charge is -2.22. The van der Waals surface area contributed by atoms with Crippen LogP contribution < -0.4 is 10.2 Å². The Bertz CT molecular complexity index is 913. The van der Waals surface area contributed by atoms with Crippen LogP contribution in [0.25, 0.3) is 5.69 Å². The molecule has 2 aromatic carbocycles. The molecule has 5 heteroatoms. The van der Waals surface area contributed by atoms with Gasteiger partial charge in [0.25, 0.3) is 0 Å². The molecule has 1 aromatic heterocycles. The predicted molar refractivity (Wildman–Crippen MR) is 111 cm³/mol. The number of guanidine groups is 1. The molecule has 0 fully saturated rings. The van der Waals surface area contributed by atoms with Gasteiger partial charge in [-0.15, -0.1) is 0 Å². The number of anilines is 1. The molecule has 0 radical (unpaired) electrons. The summed E-state index contributed by atoms with van der Waals surface area (Å²) >= 11 is 0. The van der Waals surface area contributed by atoms with Gasteiger partial charge in [-0.3, -0.25) is 4.99 Å². The minimum absolute atomic E-state index is 0.738. The van der Waals surface area contributed by atoms with Crippen molar-refractivity contribution in [2.45, 2.75) is 19.8 Å². The van der Waals surface area contributed by atoms with E-state index in [0.29, 0.717) is 0 Å². The maximum atomic E-state index is 4.87. The molecular weight excluding hydrogens is 334 g/mol. The molecule has 0 saturated heterocycles. The Hall–Kier alpha value is -3.08. The number of fused-ring (bicyclic) bond motifs is 1. The molecule has 27 heavy (non-hydrogen) atoms. The molecule has 138 valence electrons. The van der Waals surface area contributed by atoms with Crippen LogP contribution in [0.5, 0.6) is 0 Å². The zero-order chi connectivity index (χ0) is 18.5. The Kier molecular flexibility index (Phi) is 5.19. The van der Waals surface area contributed by atoms with Crippen LogP contribution in [-0.2, 0) is 12.8 Å². The molecule has 2 heterocycles. The lowest BCUT2D eigenvalue weighted by atomic mass is 10.2. The number of para-hydroxylation sites is 2. The molecule has 0 amide bonds. The van der Waals surface area contributed by atoms with E-state index in [1.165, 1.54) is 16.8 Å². The highest BCUT2D eigenvalue weighted by Gasteiger charge is 2.22. The van der Waals surface area contributed by atoms with Gasteiger partial charge in [0.05, 0.1) is 11.9 Å². The van der Waals surface area contributed by atoms with E-state index in [1.54, 1.807) is 0 Å². The second-order valence-corrected chi connectivity index (χ2v) is 6.64. The second-order valence-electron chi connectivity index (χ2n) is 6.64. The van der Waals surface area contributed by atoms with Crippen molar-refractivity contribution in [1.82, 2.24) is 15.1 Å². The Morgan fingerprint density at radius 2 is 1.93 bits per heavy atom. The summed E-state index contributed by atoms with van der Waals surface area (Å²) in [5, 5.41) is 7.91. The highest BCUT2D eigenvalue weighted by molar-refractivity contribution is 5.97. The first-order chi connectivity index (χ1) is 13.3. The number of aliphatic imine (C=N–C) groups is 1. The van der Waals surface area contributed by atoms with Crippen molar-refractivity contribution in [1.29, 1.82) is 0 Å². The van der Waals surface area contributed by atoms with Gasteiger partial charge in [0.15, 0.2) is 5.96 Å². The number of nitrogens with one attached hydrogen (secondary N) is 1. The van der Waals surface area contributed by atoms with Crippen LogP contribution in [0.2, 0.25) is 0 Å². The minimum Gasteiger partial charge on any atom is -0.356 e. The van der Waals surface area contributed by atoms with Gasteiger partial charge >= 0.3 is 0 Å². The van der Waals surface area contributed by atoms with Crippen LogP contribution >= 0.6 is 0 Å². The summed E-state index contributed by atoms with van der Waals surface area (Å²) in [4.78, 5) is 7.16. The van der Waals surface area contributed by atoms with Gasteiger partial charge in [-0.05, 0) is 49.1 Å². The van der Waals surface area contributed by atoms with Gasteiger partial charge < -0.3 is 10.2 Å². The SMILES string of the molecule is CCNC(=NCCc1cnn(-c2ccccc2)c1)N1CCc2ccccc21. The van der Waals surface area contributed by atoms with Crippen LogP contribution in [0, 0.1) is 0 Å². The van der Waals surface area contributed by atoms with E-state index in [4.69, 9.17) is 4.99 Å². The summed E-state index contributed by atoms with van der Waals surface area (Å²) < 4.78 is 1.92. The summed E-state index contributed by atoms with van der Waals surface area (Å²) in [7, 11) is 0. The van der Waals surface area contributed by atoms with Crippen molar-refractivity contribution < 1.29 is 0 Å². The normalized spacial score (nSPS) is 13.7. The molecule has 1 aliphatic heterocycles. The Balaban J connectivity index is 1.44. The lowest BCUT2D eigenvalue weighted by Crippen LogP contribution is -2.40. The third-order valence-electron chi connectivity index (χ3n) is 4.80. The van der Waals surface area contributed by atoms with E-state index in [0.717, 1.165) is 44.1 Å². The largest absolute Gasteiger partial charge is 0.356 e. The average Bonchev–Trinajstić information content (AvgIpc) is 3.35. The van der Waals surface area contributed by atoms with E-state index >= 15 is 0 Å². The summed E-state index contributed by atoms with van der Waals surface area (Å²) in [5.41, 5.74) is 4.94. The summed E-state index contributed by atoms with van der Waals surface area (Å²) in [6.07, 6.45) is 5.96. The maximum Gasteiger partial charge on any atom is 0.198 e. The van der Waals surface area contributed by atoms with E-state index in [1.807, 2.05) is 29.1 Å². The number of rotatable bonds is 5. The zero-order valence-corrected chi connectivity index (χ0v) is 15.7. The molecule has 3 aromatic rings. The number of hydrogen-bond donors (Lipinski definition) is 1. The third kappa shape index (κ3) is 3.87. The number of benzene rings is 2. The monoisotopic (exact) mass is 359 g/mol. The molecule has 0 aliphatic carbocycles. The van der Waals surface area contributed by atoms with Crippen LogP contribution in [0.1, 0.15) is 18.1 Å². The molecule has 0 spiro atoms. The van der Waals surface area contributed by atoms with Gasteiger partial charge in [0.2, 0.25) is 0 Å². The van der Waals surface area contributed by atoms with Gasteiger partial charge in [-0.1, -0.05) is 36.4 Å². The van der Waals surface area contributed by atoms with Crippen molar-refractivity contribution in [3.63, 3.8) is 0 Å². The second kappa shape index (κ2) is 8.08. The van der Waals surface area contributed by atoms with Crippen molar-refractivity contribution in [2.75, 3.05) is 24.5 Å². The average molecular weight is 359 g/mol. The van der Waals surface area contributed by atoms with Gasteiger partial charge in [-0.2, -0.15) is 5.10 Å². The van der Waals surface area contributed by atoms with E-state index in [2.05, 4.69) is 64.8 Å². The zero-order valence-electron chi connectivity index (χ0n) is 15.7. The highest BCUT2D eigenvalue weighted by atomic mass is 15.3. The fourth-order valence-electron chi connectivity index (χ4n) is 3.46. The lowest BCUT2D eigenvalue weighted by molar-refractivity contribution is 0.868. The summed E-state index contributed by atoms with van der Waals surface area (Å²) in [6, 6.07) is 18.8. The molecule has 1 N–H and O–H groups in total. The minimum atomic E-state index is 0.738. The van der Waals surface area contributed by atoms with Gasteiger partial charge in [0, 0.05) is 31.5 Å². The van der Waals surface area contributed by atoms with E-state index in [-0.39, 0.29) is 0 Å². The standard InChI is InChI=1S/C22H25N5/c1-2-23-22(26-15-13-19-8-6-7-11-21(19)26)24-14-12-18-16-25-27(17-18)20-9-4-3-5-10-20/h3-11,16-17H,2,12-15H2,1H3,(H,23,24). The maximum absolute atomic E-state index is 4.87.